The van der Waals surface area contributed by atoms with E-state index in [4.69, 9.17) is 0 Å². The van der Waals surface area contributed by atoms with Gasteiger partial charge in [-0.15, -0.1) is 5.10 Å². The van der Waals surface area contributed by atoms with Gasteiger partial charge in [0.05, 0.1) is 23.3 Å². The first-order chi connectivity index (χ1) is 14.7. The third kappa shape index (κ3) is 5.20. The maximum absolute atomic E-state index is 4.31. The van der Waals surface area contributed by atoms with Crippen LogP contribution in [0.15, 0.2) is 79.1 Å². The van der Waals surface area contributed by atoms with E-state index in [1.807, 2.05) is 53.4 Å². The average Bonchev–Trinajstić information content (AvgIpc) is 3.22. The molecule has 0 atom stereocenters. The zero-order chi connectivity index (χ0) is 20.8. The van der Waals surface area contributed by atoms with Crippen molar-refractivity contribution < 1.29 is 0 Å². The molecule has 150 valence electrons. The van der Waals surface area contributed by atoms with E-state index in [0.29, 0.717) is 5.92 Å². The quantitative estimate of drug-likeness (QED) is 0.431. The summed E-state index contributed by atoms with van der Waals surface area (Å²) >= 11 is 0. The van der Waals surface area contributed by atoms with Gasteiger partial charge in [-0.1, -0.05) is 49.4 Å². The highest BCUT2D eigenvalue weighted by Gasteiger charge is 2.06. The molecule has 30 heavy (non-hydrogen) atoms. The fourth-order valence-electron chi connectivity index (χ4n) is 3.16. The van der Waals surface area contributed by atoms with Crippen LogP contribution < -0.4 is 5.32 Å². The van der Waals surface area contributed by atoms with E-state index in [-0.39, 0.29) is 0 Å². The second kappa shape index (κ2) is 9.18. The Balaban J connectivity index is 1.44. The normalized spacial score (nSPS) is 11.3. The van der Waals surface area contributed by atoms with Gasteiger partial charge in [0, 0.05) is 17.6 Å². The molecule has 0 bridgehead atoms. The molecule has 0 fully saturated rings. The molecule has 0 saturated heterocycles. The number of hydrogen-bond donors (Lipinski definition) is 1. The van der Waals surface area contributed by atoms with Gasteiger partial charge in [0.2, 0.25) is 0 Å². The number of aromatic nitrogens is 4. The highest BCUT2D eigenvalue weighted by Crippen LogP contribution is 2.21. The second-order valence-corrected chi connectivity index (χ2v) is 7.64. The van der Waals surface area contributed by atoms with E-state index in [1.54, 1.807) is 6.20 Å². The molecule has 2 aromatic heterocycles. The molecule has 0 aliphatic rings. The van der Waals surface area contributed by atoms with Crippen molar-refractivity contribution in [3.63, 3.8) is 0 Å². The summed E-state index contributed by atoms with van der Waals surface area (Å²) in [7, 11) is 0. The van der Waals surface area contributed by atoms with Crippen LogP contribution in [-0.2, 0) is 6.42 Å². The van der Waals surface area contributed by atoms with Crippen LogP contribution in [-0.4, -0.2) is 20.0 Å². The molecule has 0 saturated carbocycles. The molecule has 2 heterocycles. The Labute approximate surface area is 177 Å². The van der Waals surface area contributed by atoms with Gasteiger partial charge < -0.3 is 5.32 Å². The molecule has 5 heteroatoms. The van der Waals surface area contributed by atoms with Crippen LogP contribution in [0.1, 0.15) is 30.8 Å². The Morgan fingerprint density at radius 2 is 1.80 bits per heavy atom. The Kier molecular flexibility index (Phi) is 5.99. The van der Waals surface area contributed by atoms with Gasteiger partial charge in [-0.2, -0.15) is 0 Å². The third-order valence-electron chi connectivity index (χ3n) is 4.60. The van der Waals surface area contributed by atoms with Crippen LogP contribution in [0.5, 0.6) is 0 Å². The highest BCUT2D eigenvalue weighted by molar-refractivity contribution is 5.70. The van der Waals surface area contributed by atoms with E-state index >= 15 is 0 Å². The lowest BCUT2D eigenvalue weighted by Gasteiger charge is -2.09. The van der Waals surface area contributed by atoms with Crippen molar-refractivity contribution in [1.82, 2.24) is 20.0 Å². The first-order valence-electron chi connectivity index (χ1n) is 10.1. The van der Waals surface area contributed by atoms with Crippen molar-refractivity contribution in [2.75, 3.05) is 5.32 Å². The van der Waals surface area contributed by atoms with Crippen LogP contribution in [0, 0.1) is 5.92 Å². The van der Waals surface area contributed by atoms with E-state index in [2.05, 4.69) is 70.9 Å². The standard InChI is InChI=1S/C25H25N5/c1-19(2)16-24-18-30(29-28-24)25-8-5-7-23(17-25)27-22-13-10-20(11-14-22)9-12-21-6-3-4-15-26-21/h3-15,17-19,27H,16H2,1-2H3/b12-9+. The van der Waals surface area contributed by atoms with Crippen molar-refractivity contribution in [3.05, 3.63) is 96.1 Å². The lowest BCUT2D eigenvalue weighted by Crippen LogP contribution is -1.97. The summed E-state index contributed by atoms with van der Waals surface area (Å²) in [6.07, 6.45) is 8.80. The molecule has 5 nitrogen and oxygen atoms in total. The molecular formula is C25H25N5. The molecule has 1 N–H and O–H groups in total. The largest absolute Gasteiger partial charge is 0.355 e. The molecule has 4 rings (SSSR count). The van der Waals surface area contributed by atoms with Gasteiger partial charge in [0.1, 0.15) is 0 Å². The Morgan fingerprint density at radius 3 is 2.57 bits per heavy atom. The molecule has 0 radical (unpaired) electrons. The summed E-state index contributed by atoms with van der Waals surface area (Å²) in [4.78, 5) is 4.31. The van der Waals surface area contributed by atoms with Crippen molar-refractivity contribution >= 4 is 23.5 Å². The predicted molar refractivity (Wildman–Crippen MR) is 123 cm³/mol. The summed E-state index contributed by atoms with van der Waals surface area (Å²) in [5.41, 5.74) is 6.10. The minimum Gasteiger partial charge on any atom is -0.355 e. The van der Waals surface area contributed by atoms with E-state index in [9.17, 15) is 0 Å². The predicted octanol–water partition coefficient (Wildman–Crippen LogP) is 5.77. The van der Waals surface area contributed by atoms with Crippen LogP contribution >= 0.6 is 0 Å². The lowest BCUT2D eigenvalue weighted by atomic mass is 10.1. The molecule has 4 aromatic rings. The number of anilines is 2. The number of hydrogen-bond acceptors (Lipinski definition) is 4. The van der Waals surface area contributed by atoms with Gasteiger partial charge in [0.25, 0.3) is 0 Å². The number of nitrogens with zero attached hydrogens (tertiary/aromatic N) is 4. The minimum absolute atomic E-state index is 0.560. The van der Waals surface area contributed by atoms with Gasteiger partial charge in [-0.3, -0.25) is 4.98 Å². The maximum atomic E-state index is 4.31. The molecule has 0 aliphatic heterocycles. The minimum atomic E-state index is 0.560. The lowest BCUT2D eigenvalue weighted by molar-refractivity contribution is 0.633. The average molecular weight is 396 g/mol. The Morgan fingerprint density at radius 1 is 0.933 bits per heavy atom. The van der Waals surface area contributed by atoms with E-state index < -0.39 is 0 Å². The number of nitrogens with one attached hydrogen (secondary N) is 1. The SMILES string of the molecule is CC(C)Cc1cn(-c2cccc(Nc3ccc(/C=C/c4ccccn4)cc3)c2)nn1. The highest BCUT2D eigenvalue weighted by atomic mass is 15.4. The smallest absolute Gasteiger partial charge is 0.0834 e. The van der Waals surface area contributed by atoms with Crippen LogP contribution in [0.3, 0.4) is 0 Å². The maximum Gasteiger partial charge on any atom is 0.0834 e. The molecular weight excluding hydrogens is 370 g/mol. The summed E-state index contributed by atoms with van der Waals surface area (Å²) in [5.74, 6) is 0.560. The van der Waals surface area contributed by atoms with Gasteiger partial charge in [-0.05, 0) is 66.4 Å². The summed E-state index contributed by atoms with van der Waals surface area (Å²) in [6, 6.07) is 22.4. The fourth-order valence-corrected chi connectivity index (χ4v) is 3.16. The summed E-state index contributed by atoms with van der Waals surface area (Å²) in [6.45, 7) is 4.37. The molecule has 0 aliphatic carbocycles. The van der Waals surface area contributed by atoms with Crippen LogP contribution in [0.4, 0.5) is 11.4 Å². The zero-order valence-corrected chi connectivity index (χ0v) is 17.2. The van der Waals surface area contributed by atoms with E-state index in [1.165, 1.54) is 0 Å². The molecule has 2 aromatic carbocycles. The molecule has 0 amide bonds. The number of benzene rings is 2. The van der Waals surface area contributed by atoms with Crippen molar-refractivity contribution in [3.8, 4) is 5.69 Å². The number of pyridine rings is 1. The van der Waals surface area contributed by atoms with Crippen molar-refractivity contribution in [2.24, 2.45) is 5.92 Å². The van der Waals surface area contributed by atoms with E-state index in [0.717, 1.165) is 40.4 Å². The van der Waals surface area contributed by atoms with Gasteiger partial charge >= 0.3 is 0 Å². The van der Waals surface area contributed by atoms with Crippen molar-refractivity contribution in [2.45, 2.75) is 20.3 Å². The summed E-state index contributed by atoms with van der Waals surface area (Å²) < 4.78 is 1.83. The van der Waals surface area contributed by atoms with Crippen molar-refractivity contribution in [1.29, 1.82) is 0 Å². The first-order valence-corrected chi connectivity index (χ1v) is 10.1. The topological polar surface area (TPSA) is 55.6 Å². The molecule has 0 spiro atoms. The van der Waals surface area contributed by atoms with Crippen LogP contribution in [0.25, 0.3) is 17.8 Å². The third-order valence-corrected chi connectivity index (χ3v) is 4.60. The summed E-state index contributed by atoms with van der Waals surface area (Å²) in [5, 5.41) is 12.0. The monoisotopic (exact) mass is 395 g/mol. The number of rotatable bonds is 7. The van der Waals surface area contributed by atoms with Gasteiger partial charge in [-0.25, -0.2) is 4.68 Å². The van der Waals surface area contributed by atoms with Gasteiger partial charge in [0.15, 0.2) is 0 Å². The fraction of sp³-hybridized carbons (Fsp3) is 0.160. The zero-order valence-electron chi connectivity index (χ0n) is 17.2. The Hall–Kier alpha value is -3.73. The Bertz CT molecular complexity index is 1110. The van der Waals surface area contributed by atoms with Crippen LogP contribution in [0.2, 0.25) is 0 Å². The molecule has 0 unspecified atom stereocenters. The second-order valence-electron chi connectivity index (χ2n) is 7.64. The first kappa shape index (κ1) is 19.6.